The highest BCUT2D eigenvalue weighted by Crippen LogP contribution is 2.28. The van der Waals surface area contributed by atoms with Gasteiger partial charge in [-0.2, -0.15) is 0 Å². The van der Waals surface area contributed by atoms with E-state index in [1.165, 1.54) is 0 Å². The highest BCUT2D eigenvalue weighted by atomic mass is 32.2. The molecule has 0 unspecified atom stereocenters. The Kier molecular flexibility index (Phi) is 3.32. The molecule has 0 aromatic carbocycles. The second-order valence-corrected chi connectivity index (χ2v) is 5.76. The number of nitrogens with one attached hydrogen (secondary N) is 1. The number of sulfonamides is 1. The van der Waals surface area contributed by atoms with Crippen LogP contribution in [0.1, 0.15) is 26.7 Å². The molecule has 1 aliphatic rings. The highest BCUT2D eigenvalue weighted by molar-refractivity contribution is 7.90. The molecule has 78 valence electrons. The van der Waals surface area contributed by atoms with E-state index in [2.05, 4.69) is 4.72 Å². The number of methoxy groups -OCH3 is 1. The summed E-state index contributed by atoms with van der Waals surface area (Å²) in [5, 5.41) is -0.250. The predicted molar refractivity (Wildman–Crippen MR) is 51.0 cm³/mol. The molecule has 0 aromatic heterocycles. The number of rotatable bonds is 4. The predicted octanol–water partition coefficient (Wildman–Crippen LogP) is 0.492. The molecule has 4 nitrogen and oxygen atoms in total. The molecule has 0 spiro atoms. The molecule has 0 saturated heterocycles. The van der Waals surface area contributed by atoms with Gasteiger partial charge in [-0.05, 0) is 26.7 Å². The van der Waals surface area contributed by atoms with Crippen molar-refractivity contribution in [2.75, 3.05) is 7.11 Å². The van der Waals surface area contributed by atoms with Crippen LogP contribution in [0.25, 0.3) is 0 Å². The molecule has 0 radical (unpaired) electrons. The Labute approximate surface area is 79.7 Å². The van der Waals surface area contributed by atoms with E-state index >= 15 is 0 Å². The fourth-order valence-electron chi connectivity index (χ4n) is 1.39. The fourth-order valence-corrected chi connectivity index (χ4v) is 3.17. The lowest BCUT2D eigenvalue weighted by Gasteiger charge is -2.33. The normalized spacial score (nSPS) is 28.9. The van der Waals surface area contributed by atoms with Crippen LogP contribution in [0.3, 0.4) is 0 Å². The number of hydrogen-bond acceptors (Lipinski definition) is 3. The monoisotopic (exact) mass is 207 g/mol. The van der Waals surface area contributed by atoms with E-state index in [4.69, 9.17) is 4.74 Å². The van der Waals surface area contributed by atoms with E-state index in [0.717, 1.165) is 0 Å². The maximum Gasteiger partial charge on any atom is 0.214 e. The van der Waals surface area contributed by atoms with Crippen LogP contribution in [0.15, 0.2) is 0 Å². The molecule has 1 N–H and O–H groups in total. The van der Waals surface area contributed by atoms with Gasteiger partial charge in [0.1, 0.15) is 0 Å². The summed E-state index contributed by atoms with van der Waals surface area (Å²) < 4.78 is 30.6. The second kappa shape index (κ2) is 3.94. The van der Waals surface area contributed by atoms with Crippen molar-refractivity contribution in [3.63, 3.8) is 0 Å². The Morgan fingerprint density at radius 2 is 1.92 bits per heavy atom. The van der Waals surface area contributed by atoms with E-state index in [1.807, 2.05) is 13.8 Å². The third-order valence-electron chi connectivity index (χ3n) is 2.22. The third kappa shape index (κ3) is 2.65. The summed E-state index contributed by atoms with van der Waals surface area (Å²) in [6, 6.07) is -0.0217. The van der Waals surface area contributed by atoms with Crippen molar-refractivity contribution in [2.24, 2.45) is 0 Å². The first-order valence-corrected chi connectivity index (χ1v) is 6.04. The van der Waals surface area contributed by atoms with Crippen molar-refractivity contribution in [1.29, 1.82) is 0 Å². The lowest BCUT2D eigenvalue weighted by Crippen LogP contribution is -2.47. The van der Waals surface area contributed by atoms with E-state index < -0.39 is 10.0 Å². The zero-order valence-electron chi connectivity index (χ0n) is 8.28. The molecule has 1 saturated carbocycles. The van der Waals surface area contributed by atoms with Crippen LogP contribution in [0, 0.1) is 0 Å². The maximum absolute atomic E-state index is 11.5. The van der Waals surface area contributed by atoms with Crippen molar-refractivity contribution < 1.29 is 13.2 Å². The van der Waals surface area contributed by atoms with Crippen LogP contribution in [0.5, 0.6) is 0 Å². The third-order valence-corrected chi connectivity index (χ3v) is 4.29. The zero-order valence-corrected chi connectivity index (χ0v) is 9.10. The van der Waals surface area contributed by atoms with Crippen LogP contribution >= 0.6 is 0 Å². The molecule has 5 heteroatoms. The first kappa shape index (κ1) is 10.9. The van der Waals surface area contributed by atoms with Crippen molar-refractivity contribution in [3.8, 4) is 0 Å². The molecule has 0 aromatic rings. The second-order valence-electron chi connectivity index (χ2n) is 3.77. The molecule has 1 fully saturated rings. The van der Waals surface area contributed by atoms with Crippen molar-refractivity contribution in [2.45, 2.75) is 44.1 Å². The summed E-state index contributed by atoms with van der Waals surface area (Å²) in [5.74, 6) is 0. The summed E-state index contributed by atoms with van der Waals surface area (Å²) in [6.45, 7) is 3.65. The molecule has 0 atom stereocenters. The van der Waals surface area contributed by atoms with Gasteiger partial charge in [0.15, 0.2) is 0 Å². The Morgan fingerprint density at radius 1 is 1.38 bits per heavy atom. The Bertz CT molecular complexity index is 255. The SMILES string of the molecule is COC1CC(S(=O)(=O)NC(C)C)C1. The van der Waals surface area contributed by atoms with Gasteiger partial charge < -0.3 is 4.74 Å². The summed E-state index contributed by atoms with van der Waals surface area (Å²) in [7, 11) is -1.48. The maximum atomic E-state index is 11.5. The van der Waals surface area contributed by atoms with Crippen molar-refractivity contribution >= 4 is 10.0 Å². The topological polar surface area (TPSA) is 55.4 Å². The quantitative estimate of drug-likeness (QED) is 0.730. The molecule has 0 aliphatic heterocycles. The van der Waals surface area contributed by atoms with Gasteiger partial charge in [-0.15, -0.1) is 0 Å². The van der Waals surface area contributed by atoms with Crippen LogP contribution in [-0.4, -0.2) is 32.9 Å². The van der Waals surface area contributed by atoms with E-state index in [-0.39, 0.29) is 17.4 Å². The summed E-state index contributed by atoms with van der Waals surface area (Å²) in [6.07, 6.45) is 1.38. The first-order chi connectivity index (χ1) is 5.95. The van der Waals surface area contributed by atoms with E-state index in [1.54, 1.807) is 7.11 Å². The molecular formula is C8H17NO3S. The smallest absolute Gasteiger partial charge is 0.214 e. The van der Waals surface area contributed by atoms with Gasteiger partial charge in [-0.3, -0.25) is 0 Å². The summed E-state index contributed by atoms with van der Waals surface area (Å²) >= 11 is 0. The fraction of sp³-hybridized carbons (Fsp3) is 1.00. The van der Waals surface area contributed by atoms with Crippen molar-refractivity contribution in [1.82, 2.24) is 4.72 Å². The Morgan fingerprint density at radius 3 is 2.31 bits per heavy atom. The lowest BCUT2D eigenvalue weighted by molar-refractivity contribution is 0.0433. The van der Waals surface area contributed by atoms with Crippen LogP contribution < -0.4 is 4.72 Å². The molecule has 1 rings (SSSR count). The minimum Gasteiger partial charge on any atom is -0.381 e. The van der Waals surface area contributed by atoms with Gasteiger partial charge in [-0.1, -0.05) is 0 Å². The van der Waals surface area contributed by atoms with Crippen LogP contribution in [0.2, 0.25) is 0 Å². The Hall–Kier alpha value is -0.130. The van der Waals surface area contributed by atoms with Crippen molar-refractivity contribution in [3.05, 3.63) is 0 Å². The minimum absolute atomic E-state index is 0.0217. The molecule has 0 heterocycles. The average molecular weight is 207 g/mol. The average Bonchev–Trinajstić information content (AvgIpc) is 1.79. The number of hydrogen-bond donors (Lipinski definition) is 1. The Balaban J connectivity index is 2.45. The highest BCUT2D eigenvalue weighted by Gasteiger charge is 2.38. The molecule has 0 amide bonds. The van der Waals surface area contributed by atoms with Gasteiger partial charge in [0.2, 0.25) is 10.0 Å². The number of ether oxygens (including phenoxy) is 1. The minimum atomic E-state index is -3.10. The first-order valence-electron chi connectivity index (χ1n) is 4.49. The standard InChI is InChI=1S/C8H17NO3S/c1-6(2)9-13(10,11)8-4-7(5-8)12-3/h6-9H,4-5H2,1-3H3. The molecular weight excluding hydrogens is 190 g/mol. The van der Waals surface area contributed by atoms with Crippen LogP contribution in [-0.2, 0) is 14.8 Å². The molecule has 0 bridgehead atoms. The molecule has 1 aliphatic carbocycles. The molecule has 13 heavy (non-hydrogen) atoms. The van der Waals surface area contributed by atoms with E-state index in [0.29, 0.717) is 12.8 Å². The van der Waals surface area contributed by atoms with Gasteiger partial charge in [0, 0.05) is 13.2 Å². The van der Waals surface area contributed by atoms with Crippen LogP contribution in [0.4, 0.5) is 0 Å². The van der Waals surface area contributed by atoms with Gasteiger partial charge in [0.25, 0.3) is 0 Å². The lowest BCUT2D eigenvalue weighted by atomic mass is 9.95. The van der Waals surface area contributed by atoms with Gasteiger partial charge in [-0.25, -0.2) is 13.1 Å². The van der Waals surface area contributed by atoms with Gasteiger partial charge >= 0.3 is 0 Å². The zero-order chi connectivity index (χ0) is 10.1. The largest absolute Gasteiger partial charge is 0.381 e. The van der Waals surface area contributed by atoms with Gasteiger partial charge in [0.05, 0.1) is 11.4 Å². The summed E-state index contributed by atoms with van der Waals surface area (Å²) in [4.78, 5) is 0. The van der Waals surface area contributed by atoms with E-state index in [9.17, 15) is 8.42 Å². The summed E-state index contributed by atoms with van der Waals surface area (Å²) in [5.41, 5.74) is 0.